The third-order valence-corrected chi connectivity index (χ3v) is 3.83. The molecule has 0 aliphatic heterocycles. The zero-order valence-corrected chi connectivity index (χ0v) is 12.7. The molecule has 108 valence electrons. The minimum atomic E-state index is -0.839. The van der Waals surface area contributed by atoms with Crippen molar-refractivity contribution in [3.63, 3.8) is 0 Å². The van der Waals surface area contributed by atoms with Crippen LogP contribution in [-0.2, 0) is 13.0 Å². The van der Waals surface area contributed by atoms with E-state index in [9.17, 15) is 9.90 Å². The molecule has 3 nitrogen and oxygen atoms in total. The van der Waals surface area contributed by atoms with E-state index >= 15 is 0 Å². The van der Waals surface area contributed by atoms with Crippen molar-refractivity contribution >= 4 is 16.9 Å². The summed E-state index contributed by atoms with van der Waals surface area (Å²) >= 11 is 0. The molecule has 0 saturated carbocycles. The smallest absolute Gasteiger partial charge is 0.337 e. The van der Waals surface area contributed by atoms with E-state index in [2.05, 4.69) is 44.5 Å². The highest BCUT2D eigenvalue weighted by Crippen LogP contribution is 2.30. The van der Waals surface area contributed by atoms with Gasteiger partial charge in [-0.1, -0.05) is 27.2 Å². The molecule has 0 saturated heterocycles. The van der Waals surface area contributed by atoms with Crippen LogP contribution in [0.5, 0.6) is 0 Å². The molecule has 0 bridgehead atoms. The number of aryl methyl sites for hydroxylation is 2. The fourth-order valence-corrected chi connectivity index (χ4v) is 2.75. The van der Waals surface area contributed by atoms with E-state index in [0.717, 1.165) is 35.9 Å². The number of fused-ring (bicyclic) bond motifs is 1. The Morgan fingerprint density at radius 1 is 1.30 bits per heavy atom. The largest absolute Gasteiger partial charge is 0.478 e. The van der Waals surface area contributed by atoms with Crippen LogP contribution in [0.25, 0.3) is 10.9 Å². The minimum Gasteiger partial charge on any atom is -0.478 e. The molecule has 1 aromatic heterocycles. The van der Waals surface area contributed by atoms with Gasteiger partial charge in [0.15, 0.2) is 0 Å². The van der Waals surface area contributed by atoms with E-state index in [1.54, 1.807) is 0 Å². The van der Waals surface area contributed by atoms with Crippen LogP contribution in [0.15, 0.2) is 18.3 Å². The molecule has 1 aromatic carbocycles. The van der Waals surface area contributed by atoms with Crippen molar-refractivity contribution in [3.8, 4) is 0 Å². The van der Waals surface area contributed by atoms with Crippen molar-refractivity contribution in [2.75, 3.05) is 0 Å². The van der Waals surface area contributed by atoms with E-state index in [0.29, 0.717) is 11.5 Å². The fourth-order valence-electron chi connectivity index (χ4n) is 2.75. The highest BCUT2D eigenvalue weighted by molar-refractivity contribution is 6.04. The summed E-state index contributed by atoms with van der Waals surface area (Å²) in [5, 5.41) is 10.6. The van der Waals surface area contributed by atoms with Crippen LogP contribution in [0.3, 0.4) is 0 Å². The van der Waals surface area contributed by atoms with E-state index in [1.807, 2.05) is 6.07 Å². The summed E-state index contributed by atoms with van der Waals surface area (Å²) in [6.45, 7) is 9.20. The summed E-state index contributed by atoms with van der Waals surface area (Å²) in [5.74, 6) is -0.509. The maximum Gasteiger partial charge on any atom is 0.337 e. The maximum atomic E-state index is 11.6. The van der Waals surface area contributed by atoms with Crippen LogP contribution in [0, 0.1) is 0 Å². The number of aromatic carboxylic acids is 1. The Morgan fingerprint density at radius 3 is 2.50 bits per heavy atom. The van der Waals surface area contributed by atoms with Gasteiger partial charge in [0.25, 0.3) is 0 Å². The van der Waals surface area contributed by atoms with Gasteiger partial charge in [-0.2, -0.15) is 0 Å². The molecule has 2 aromatic rings. The summed E-state index contributed by atoms with van der Waals surface area (Å²) in [6, 6.07) is 4.00. The highest BCUT2D eigenvalue weighted by atomic mass is 16.4. The average Bonchev–Trinajstić information content (AvgIpc) is 2.76. The molecule has 0 atom stereocenters. The molecule has 0 radical (unpaired) electrons. The van der Waals surface area contributed by atoms with Gasteiger partial charge in [-0.05, 0) is 42.5 Å². The first-order valence-electron chi connectivity index (χ1n) is 7.38. The molecule has 0 aliphatic rings. The number of rotatable bonds is 5. The number of hydrogen-bond acceptors (Lipinski definition) is 1. The van der Waals surface area contributed by atoms with Gasteiger partial charge in [-0.15, -0.1) is 0 Å². The lowest BCUT2D eigenvalue weighted by atomic mass is 9.96. The highest BCUT2D eigenvalue weighted by Gasteiger charge is 2.18. The standard InChI is InChI=1S/C17H23NO2/c1-5-7-12-10-18(6-2)16-14(12)8-13(11(3)4)9-15(16)17(19)20/h8-11H,5-7H2,1-4H3,(H,19,20). The van der Waals surface area contributed by atoms with Crippen molar-refractivity contribution in [3.05, 3.63) is 35.0 Å². The van der Waals surface area contributed by atoms with Crippen molar-refractivity contribution in [1.82, 2.24) is 4.57 Å². The van der Waals surface area contributed by atoms with Gasteiger partial charge in [-0.25, -0.2) is 4.79 Å². The molecule has 1 N–H and O–H groups in total. The summed E-state index contributed by atoms with van der Waals surface area (Å²) < 4.78 is 2.06. The number of aromatic nitrogens is 1. The Labute approximate surface area is 120 Å². The lowest BCUT2D eigenvalue weighted by Crippen LogP contribution is -2.04. The zero-order chi connectivity index (χ0) is 14.9. The lowest BCUT2D eigenvalue weighted by Gasteiger charge is -2.10. The molecule has 0 aliphatic carbocycles. The maximum absolute atomic E-state index is 11.6. The Kier molecular flexibility index (Phi) is 4.17. The third kappa shape index (κ3) is 2.45. The molecule has 1 heterocycles. The Hall–Kier alpha value is -1.77. The van der Waals surface area contributed by atoms with Gasteiger partial charge < -0.3 is 9.67 Å². The Bertz CT molecular complexity index is 638. The molecular weight excluding hydrogens is 250 g/mol. The van der Waals surface area contributed by atoms with Crippen molar-refractivity contribution in [2.45, 2.75) is 53.0 Å². The zero-order valence-electron chi connectivity index (χ0n) is 12.7. The van der Waals surface area contributed by atoms with Gasteiger partial charge in [0.2, 0.25) is 0 Å². The molecule has 2 rings (SSSR count). The Balaban J connectivity index is 2.82. The molecule has 0 unspecified atom stereocenters. The monoisotopic (exact) mass is 273 g/mol. The molecule has 0 spiro atoms. The third-order valence-electron chi connectivity index (χ3n) is 3.83. The van der Waals surface area contributed by atoms with Gasteiger partial charge >= 0.3 is 5.97 Å². The summed E-state index contributed by atoms with van der Waals surface area (Å²) in [7, 11) is 0. The fraction of sp³-hybridized carbons (Fsp3) is 0.471. The first kappa shape index (κ1) is 14.6. The van der Waals surface area contributed by atoms with Crippen molar-refractivity contribution < 1.29 is 9.90 Å². The molecule has 0 fully saturated rings. The predicted molar refractivity (Wildman–Crippen MR) is 82.7 cm³/mol. The topological polar surface area (TPSA) is 42.2 Å². The average molecular weight is 273 g/mol. The van der Waals surface area contributed by atoms with Gasteiger partial charge in [0.1, 0.15) is 0 Å². The summed E-state index contributed by atoms with van der Waals surface area (Å²) in [6.07, 6.45) is 4.17. The number of hydrogen-bond donors (Lipinski definition) is 1. The molecule has 20 heavy (non-hydrogen) atoms. The second-order valence-electron chi connectivity index (χ2n) is 5.61. The first-order valence-corrected chi connectivity index (χ1v) is 7.38. The van der Waals surface area contributed by atoms with Crippen LogP contribution >= 0.6 is 0 Å². The van der Waals surface area contributed by atoms with Crippen LogP contribution in [0.2, 0.25) is 0 Å². The molecular formula is C17H23NO2. The predicted octanol–water partition coefficient (Wildman–Crippen LogP) is 4.44. The second-order valence-corrected chi connectivity index (χ2v) is 5.61. The van der Waals surface area contributed by atoms with Gasteiger partial charge in [0, 0.05) is 18.1 Å². The SMILES string of the molecule is CCCc1cn(CC)c2c(C(=O)O)cc(C(C)C)cc12. The molecule has 3 heteroatoms. The Morgan fingerprint density at radius 2 is 2.00 bits per heavy atom. The lowest BCUT2D eigenvalue weighted by molar-refractivity contribution is 0.0698. The normalized spacial score (nSPS) is 11.4. The van der Waals surface area contributed by atoms with Crippen LogP contribution in [0.4, 0.5) is 0 Å². The number of benzene rings is 1. The number of carboxylic acid groups (broad SMARTS) is 1. The second kappa shape index (κ2) is 5.70. The van der Waals surface area contributed by atoms with Gasteiger partial charge in [-0.3, -0.25) is 0 Å². The number of carboxylic acids is 1. The van der Waals surface area contributed by atoms with E-state index in [-0.39, 0.29) is 0 Å². The quantitative estimate of drug-likeness (QED) is 0.875. The van der Waals surface area contributed by atoms with Crippen molar-refractivity contribution in [1.29, 1.82) is 0 Å². The van der Waals surface area contributed by atoms with Crippen LogP contribution in [-0.4, -0.2) is 15.6 Å². The van der Waals surface area contributed by atoms with Crippen LogP contribution in [0.1, 0.15) is 61.5 Å². The summed E-state index contributed by atoms with van der Waals surface area (Å²) in [5.41, 5.74) is 3.65. The minimum absolute atomic E-state index is 0.331. The number of carbonyl (C=O) groups is 1. The van der Waals surface area contributed by atoms with E-state index in [4.69, 9.17) is 0 Å². The van der Waals surface area contributed by atoms with Crippen LogP contribution < -0.4 is 0 Å². The molecule has 0 amide bonds. The number of nitrogens with zero attached hydrogens (tertiary/aromatic N) is 1. The van der Waals surface area contributed by atoms with E-state index < -0.39 is 5.97 Å². The van der Waals surface area contributed by atoms with Crippen molar-refractivity contribution in [2.24, 2.45) is 0 Å². The summed E-state index contributed by atoms with van der Waals surface area (Å²) in [4.78, 5) is 11.6. The van der Waals surface area contributed by atoms with E-state index in [1.165, 1.54) is 5.56 Å². The van der Waals surface area contributed by atoms with Gasteiger partial charge in [0.05, 0.1) is 11.1 Å². The first-order chi connectivity index (χ1) is 9.49.